The molecule has 122 valence electrons. The van der Waals surface area contributed by atoms with Crippen LogP contribution in [0.15, 0.2) is 29.2 Å². The first-order valence-electron chi connectivity index (χ1n) is 6.73. The Bertz CT molecular complexity index is 610. The van der Waals surface area contributed by atoms with Crippen molar-refractivity contribution in [1.29, 1.82) is 0 Å². The number of morpholine rings is 1. The van der Waals surface area contributed by atoms with Crippen molar-refractivity contribution in [2.45, 2.75) is 10.9 Å². The quantitative estimate of drug-likeness (QED) is 0.641. The fraction of sp³-hybridized carbons (Fsp3) is 0.462. The van der Waals surface area contributed by atoms with Crippen LogP contribution in [0.4, 0.5) is 0 Å². The van der Waals surface area contributed by atoms with Crippen molar-refractivity contribution in [3.8, 4) is 5.75 Å². The number of hydrogen-bond acceptors (Lipinski definition) is 6. The molecule has 1 saturated heterocycles. The number of carboxylic acid groups (broad SMARTS) is 1. The van der Waals surface area contributed by atoms with Crippen LogP contribution in [-0.4, -0.2) is 68.4 Å². The van der Waals surface area contributed by atoms with E-state index in [-0.39, 0.29) is 17.2 Å². The highest BCUT2D eigenvalue weighted by Gasteiger charge is 2.28. The van der Waals surface area contributed by atoms with E-state index in [4.69, 9.17) is 4.74 Å². The second-order valence-corrected chi connectivity index (χ2v) is 6.62. The molecular weight excluding hydrogens is 312 g/mol. The summed E-state index contributed by atoms with van der Waals surface area (Å²) >= 11 is 0. The van der Waals surface area contributed by atoms with E-state index >= 15 is 0 Å². The topological polar surface area (TPSA) is 116 Å². The summed E-state index contributed by atoms with van der Waals surface area (Å²) in [5.74, 6) is -1.13. The first-order valence-corrected chi connectivity index (χ1v) is 8.22. The molecule has 1 aliphatic heterocycles. The molecule has 0 aliphatic carbocycles. The largest absolute Gasteiger partial charge is 0.508 e. The summed E-state index contributed by atoms with van der Waals surface area (Å²) in [5.41, 5.74) is 0. The average Bonchev–Trinajstić information content (AvgIpc) is 2.48. The molecule has 0 aromatic heterocycles. The molecule has 1 aromatic carbocycles. The minimum absolute atomic E-state index is 0.0311. The molecule has 3 N–H and O–H groups in total. The molecule has 0 amide bonds. The van der Waals surface area contributed by atoms with Crippen molar-refractivity contribution in [2.75, 3.05) is 32.8 Å². The number of phenolic OH excluding ortho intramolecular Hbond substituents is 1. The predicted octanol–water partition coefficient (Wildman–Crippen LogP) is -0.544. The van der Waals surface area contributed by atoms with Gasteiger partial charge in [0.15, 0.2) is 0 Å². The summed E-state index contributed by atoms with van der Waals surface area (Å²) in [5, 5.41) is 18.5. The number of aromatic hydroxyl groups is 1. The van der Waals surface area contributed by atoms with Crippen molar-refractivity contribution in [2.24, 2.45) is 0 Å². The van der Waals surface area contributed by atoms with Crippen LogP contribution in [0.25, 0.3) is 0 Å². The summed E-state index contributed by atoms with van der Waals surface area (Å²) < 4.78 is 31.7. The zero-order valence-electron chi connectivity index (χ0n) is 11.8. The van der Waals surface area contributed by atoms with E-state index in [0.29, 0.717) is 26.3 Å². The van der Waals surface area contributed by atoms with E-state index in [0.717, 1.165) is 0 Å². The lowest BCUT2D eigenvalue weighted by Gasteiger charge is -2.31. The summed E-state index contributed by atoms with van der Waals surface area (Å²) in [7, 11) is -3.83. The second-order valence-electron chi connectivity index (χ2n) is 4.85. The van der Waals surface area contributed by atoms with Crippen LogP contribution in [0.2, 0.25) is 0 Å². The summed E-state index contributed by atoms with van der Waals surface area (Å²) in [6.07, 6.45) is 0. The number of carboxylic acids is 1. The van der Waals surface area contributed by atoms with Gasteiger partial charge in [0.05, 0.1) is 18.1 Å². The van der Waals surface area contributed by atoms with Gasteiger partial charge in [-0.3, -0.25) is 9.69 Å². The highest BCUT2D eigenvalue weighted by molar-refractivity contribution is 7.89. The molecule has 9 heteroatoms. The first kappa shape index (κ1) is 16.7. The monoisotopic (exact) mass is 330 g/mol. The van der Waals surface area contributed by atoms with Crippen LogP contribution in [0.5, 0.6) is 5.75 Å². The Balaban J connectivity index is 2.04. The van der Waals surface area contributed by atoms with E-state index < -0.39 is 22.0 Å². The van der Waals surface area contributed by atoms with Gasteiger partial charge >= 0.3 is 5.97 Å². The fourth-order valence-electron chi connectivity index (χ4n) is 2.16. The zero-order valence-corrected chi connectivity index (χ0v) is 12.6. The first-order chi connectivity index (χ1) is 10.4. The number of aliphatic carboxylic acids is 1. The summed E-state index contributed by atoms with van der Waals surface area (Å²) in [6, 6.07) is 4.07. The highest BCUT2D eigenvalue weighted by Crippen LogP contribution is 2.14. The molecule has 1 heterocycles. The molecule has 0 radical (unpaired) electrons. The number of benzene rings is 1. The van der Waals surface area contributed by atoms with Crippen molar-refractivity contribution in [1.82, 2.24) is 9.62 Å². The molecule has 1 atom stereocenters. The SMILES string of the molecule is O=C(O)[C@H](CNS(=O)(=O)c1ccc(O)cc1)N1CCOCC1. The molecule has 0 bridgehead atoms. The number of carbonyl (C=O) groups is 1. The normalized spacial score (nSPS) is 18.0. The molecule has 0 unspecified atom stereocenters. The third-order valence-corrected chi connectivity index (χ3v) is 4.82. The summed E-state index contributed by atoms with van der Waals surface area (Å²) in [4.78, 5) is 13.0. The Morgan fingerprint density at radius 1 is 1.27 bits per heavy atom. The van der Waals surface area contributed by atoms with Gasteiger partial charge in [-0.25, -0.2) is 13.1 Å². The van der Waals surface area contributed by atoms with E-state index in [1.807, 2.05) is 0 Å². The fourth-order valence-corrected chi connectivity index (χ4v) is 3.20. The van der Waals surface area contributed by atoms with Crippen LogP contribution in [-0.2, 0) is 19.6 Å². The molecule has 1 aliphatic rings. The van der Waals surface area contributed by atoms with Gasteiger partial charge < -0.3 is 14.9 Å². The van der Waals surface area contributed by atoms with Gasteiger partial charge in [0, 0.05) is 19.6 Å². The molecule has 0 saturated carbocycles. The van der Waals surface area contributed by atoms with Crippen LogP contribution in [0, 0.1) is 0 Å². The number of phenols is 1. The molecule has 1 fully saturated rings. The lowest BCUT2D eigenvalue weighted by atomic mass is 10.2. The third-order valence-electron chi connectivity index (χ3n) is 3.39. The van der Waals surface area contributed by atoms with Crippen LogP contribution in [0.3, 0.4) is 0 Å². The van der Waals surface area contributed by atoms with Gasteiger partial charge in [-0.2, -0.15) is 0 Å². The van der Waals surface area contributed by atoms with E-state index in [1.54, 1.807) is 4.90 Å². The minimum Gasteiger partial charge on any atom is -0.508 e. The highest BCUT2D eigenvalue weighted by atomic mass is 32.2. The second kappa shape index (κ2) is 7.05. The number of sulfonamides is 1. The van der Waals surface area contributed by atoms with Gasteiger partial charge in [0.1, 0.15) is 11.8 Å². The molecular formula is C13H18N2O6S. The van der Waals surface area contributed by atoms with E-state index in [2.05, 4.69) is 4.72 Å². The number of rotatable bonds is 6. The van der Waals surface area contributed by atoms with Crippen LogP contribution in [0.1, 0.15) is 0 Å². The maximum Gasteiger partial charge on any atom is 0.322 e. The van der Waals surface area contributed by atoms with Crippen molar-refractivity contribution < 1.29 is 28.2 Å². The Labute approximate surface area is 128 Å². The van der Waals surface area contributed by atoms with Crippen molar-refractivity contribution >= 4 is 16.0 Å². The standard InChI is InChI=1S/C13H18N2O6S/c16-10-1-3-11(4-2-10)22(19,20)14-9-12(13(17)18)15-5-7-21-8-6-15/h1-4,12,14,16H,5-9H2,(H,17,18)/t12-/m0/s1. The Morgan fingerprint density at radius 2 is 1.86 bits per heavy atom. The van der Waals surface area contributed by atoms with Gasteiger partial charge in [-0.1, -0.05) is 0 Å². The Morgan fingerprint density at radius 3 is 2.41 bits per heavy atom. The lowest BCUT2D eigenvalue weighted by molar-refractivity contribution is -0.144. The zero-order chi connectivity index (χ0) is 16.2. The van der Waals surface area contributed by atoms with E-state index in [1.165, 1.54) is 24.3 Å². The Hall–Kier alpha value is -1.68. The average molecular weight is 330 g/mol. The van der Waals surface area contributed by atoms with Crippen molar-refractivity contribution in [3.05, 3.63) is 24.3 Å². The molecule has 1 aromatic rings. The molecule has 0 spiro atoms. The molecule has 2 rings (SSSR count). The molecule has 22 heavy (non-hydrogen) atoms. The van der Waals surface area contributed by atoms with Gasteiger partial charge in [-0.15, -0.1) is 0 Å². The van der Waals surface area contributed by atoms with Crippen LogP contribution >= 0.6 is 0 Å². The minimum atomic E-state index is -3.83. The maximum atomic E-state index is 12.1. The third kappa shape index (κ3) is 4.17. The maximum absolute atomic E-state index is 12.1. The Kier molecular flexibility index (Phi) is 5.35. The smallest absolute Gasteiger partial charge is 0.322 e. The molecule has 8 nitrogen and oxygen atoms in total. The number of hydrogen-bond donors (Lipinski definition) is 3. The predicted molar refractivity (Wildman–Crippen MR) is 77.1 cm³/mol. The van der Waals surface area contributed by atoms with Gasteiger partial charge in [-0.05, 0) is 24.3 Å². The van der Waals surface area contributed by atoms with Gasteiger partial charge in [0.2, 0.25) is 10.0 Å². The lowest BCUT2D eigenvalue weighted by Crippen LogP contribution is -2.52. The number of nitrogens with zero attached hydrogens (tertiary/aromatic N) is 1. The van der Waals surface area contributed by atoms with Gasteiger partial charge in [0.25, 0.3) is 0 Å². The number of ether oxygens (including phenoxy) is 1. The van der Waals surface area contributed by atoms with E-state index in [9.17, 15) is 23.4 Å². The van der Waals surface area contributed by atoms with Crippen LogP contribution < -0.4 is 4.72 Å². The summed E-state index contributed by atoms with van der Waals surface area (Å²) in [6.45, 7) is 1.50. The number of nitrogens with one attached hydrogen (secondary N) is 1. The van der Waals surface area contributed by atoms with Crippen molar-refractivity contribution in [3.63, 3.8) is 0 Å².